The van der Waals surface area contributed by atoms with Gasteiger partial charge in [-0.2, -0.15) is 0 Å². The van der Waals surface area contributed by atoms with Gasteiger partial charge in [0, 0.05) is 6.04 Å². The monoisotopic (exact) mass is 340 g/mol. The second-order valence-electron chi connectivity index (χ2n) is 7.06. The molecule has 0 aromatic heterocycles. The lowest BCUT2D eigenvalue weighted by molar-refractivity contribution is -0.170. The largest absolute Gasteiger partial charge is 0.453 e. The number of aliphatic hydroxyl groups is 1. The molecule has 3 N–H and O–H groups in total. The molecule has 2 atom stereocenters. The van der Waals surface area contributed by atoms with Crippen LogP contribution >= 0.6 is 0 Å². The highest BCUT2D eigenvalue weighted by atomic mass is 16.6. The van der Waals surface area contributed by atoms with Crippen molar-refractivity contribution < 1.29 is 24.2 Å². The summed E-state index contributed by atoms with van der Waals surface area (Å²) in [5.41, 5.74) is -1.49. The smallest absolute Gasteiger partial charge is 0.338 e. The van der Waals surface area contributed by atoms with E-state index in [1.807, 2.05) is 0 Å². The van der Waals surface area contributed by atoms with E-state index < -0.39 is 30.1 Å². The summed E-state index contributed by atoms with van der Waals surface area (Å²) in [5.74, 6) is -1.08. The van der Waals surface area contributed by atoms with Crippen molar-refractivity contribution in [3.63, 3.8) is 0 Å². The topological polar surface area (TPSA) is 105 Å². The summed E-state index contributed by atoms with van der Waals surface area (Å²) >= 11 is 0. The van der Waals surface area contributed by atoms with E-state index in [0.29, 0.717) is 18.8 Å². The van der Waals surface area contributed by atoms with Crippen LogP contribution in [-0.2, 0) is 14.3 Å². The van der Waals surface area contributed by atoms with Crippen LogP contribution in [0.4, 0.5) is 4.79 Å². The quantitative estimate of drug-likeness (QED) is 0.675. The van der Waals surface area contributed by atoms with E-state index in [0.717, 1.165) is 38.5 Å². The zero-order valence-electron chi connectivity index (χ0n) is 14.3. The Hall–Kier alpha value is -1.63. The van der Waals surface area contributed by atoms with Crippen molar-refractivity contribution in [2.45, 2.75) is 76.4 Å². The molecule has 7 nitrogen and oxygen atoms in total. The Balaban J connectivity index is 1.70. The van der Waals surface area contributed by atoms with Crippen molar-refractivity contribution in [2.75, 3.05) is 6.61 Å². The second kappa shape index (κ2) is 8.46. The Bertz CT molecular complexity index is 474. The number of imide groups is 1. The minimum Gasteiger partial charge on any atom is -0.453 e. The molecule has 3 amide bonds. The predicted molar refractivity (Wildman–Crippen MR) is 87.1 cm³/mol. The highest BCUT2D eigenvalue weighted by Crippen LogP contribution is 2.29. The number of carbonyl (C=O) groups is 3. The number of esters is 1. The van der Waals surface area contributed by atoms with Gasteiger partial charge in [0.1, 0.15) is 0 Å². The fraction of sp³-hybridized carbons (Fsp3) is 0.824. The van der Waals surface area contributed by atoms with Crippen LogP contribution in [0.25, 0.3) is 0 Å². The molecule has 2 rings (SSSR count). The highest BCUT2D eigenvalue weighted by Gasteiger charge is 2.39. The van der Waals surface area contributed by atoms with Gasteiger partial charge in [0.2, 0.25) is 0 Å². The number of urea groups is 1. The molecule has 0 radical (unpaired) electrons. The van der Waals surface area contributed by atoms with Gasteiger partial charge in [0.25, 0.3) is 5.91 Å². The van der Waals surface area contributed by atoms with Crippen LogP contribution in [-0.4, -0.2) is 41.3 Å². The second-order valence-corrected chi connectivity index (χ2v) is 7.06. The number of ether oxygens (including phenoxy) is 1. The maximum absolute atomic E-state index is 11.9. The van der Waals surface area contributed by atoms with E-state index in [1.165, 1.54) is 6.42 Å². The van der Waals surface area contributed by atoms with Crippen molar-refractivity contribution in [2.24, 2.45) is 5.92 Å². The Morgan fingerprint density at radius 3 is 2.42 bits per heavy atom. The molecule has 2 unspecified atom stereocenters. The number of carbonyl (C=O) groups excluding carboxylic acids is 3. The van der Waals surface area contributed by atoms with Gasteiger partial charge in [0.05, 0.1) is 0 Å². The van der Waals surface area contributed by atoms with Gasteiger partial charge in [0.15, 0.2) is 12.2 Å². The van der Waals surface area contributed by atoms with Gasteiger partial charge in [-0.05, 0) is 44.4 Å². The van der Waals surface area contributed by atoms with Gasteiger partial charge in [-0.3, -0.25) is 10.1 Å². The minimum atomic E-state index is -1.49. The summed E-state index contributed by atoms with van der Waals surface area (Å²) in [5, 5.41) is 15.2. The van der Waals surface area contributed by atoms with Crippen molar-refractivity contribution >= 4 is 17.9 Å². The standard InChI is InChI=1S/C17H28N2O5/c1-12-7-3-4-8-13(12)18-16(22)19-14(20)11-24-15(21)17(23)9-5-2-6-10-17/h12-13,23H,2-11H2,1H3,(H2,18,19,20,22). The zero-order chi connectivity index (χ0) is 17.6. The van der Waals surface area contributed by atoms with E-state index in [4.69, 9.17) is 4.74 Å². The molecular formula is C17H28N2O5. The Kier molecular flexibility index (Phi) is 6.60. The fourth-order valence-electron chi connectivity index (χ4n) is 3.50. The van der Waals surface area contributed by atoms with Gasteiger partial charge >= 0.3 is 12.0 Å². The van der Waals surface area contributed by atoms with Gasteiger partial charge in [-0.1, -0.05) is 26.2 Å². The third-order valence-electron chi connectivity index (χ3n) is 5.08. The number of amides is 3. The number of nitrogens with one attached hydrogen (secondary N) is 2. The lowest BCUT2D eigenvalue weighted by Crippen LogP contribution is -2.49. The van der Waals surface area contributed by atoms with Crippen molar-refractivity contribution in [3.8, 4) is 0 Å². The van der Waals surface area contributed by atoms with Crippen molar-refractivity contribution in [1.82, 2.24) is 10.6 Å². The molecule has 0 aromatic carbocycles. The summed E-state index contributed by atoms with van der Waals surface area (Å²) < 4.78 is 4.88. The third-order valence-corrected chi connectivity index (χ3v) is 5.08. The molecule has 7 heteroatoms. The van der Waals surface area contributed by atoms with Crippen molar-refractivity contribution in [3.05, 3.63) is 0 Å². The summed E-state index contributed by atoms with van der Waals surface area (Å²) in [7, 11) is 0. The lowest BCUT2D eigenvalue weighted by Gasteiger charge is -2.29. The summed E-state index contributed by atoms with van der Waals surface area (Å²) in [4.78, 5) is 35.5. The molecule has 2 fully saturated rings. The average Bonchev–Trinajstić information content (AvgIpc) is 2.55. The minimum absolute atomic E-state index is 0.0667. The number of rotatable bonds is 4. The Morgan fingerprint density at radius 1 is 1.08 bits per heavy atom. The van der Waals surface area contributed by atoms with Gasteiger partial charge < -0.3 is 15.2 Å². The first kappa shape index (κ1) is 18.7. The molecule has 0 bridgehead atoms. The first-order chi connectivity index (χ1) is 11.4. The zero-order valence-corrected chi connectivity index (χ0v) is 14.3. The SMILES string of the molecule is CC1CCCCC1NC(=O)NC(=O)COC(=O)C1(O)CCCCC1. The van der Waals surface area contributed by atoms with Crippen LogP contribution in [0.2, 0.25) is 0 Å². The van der Waals surface area contributed by atoms with Crippen molar-refractivity contribution in [1.29, 1.82) is 0 Å². The Labute approximate surface area is 142 Å². The molecule has 0 spiro atoms. The lowest BCUT2D eigenvalue weighted by atomic mass is 9.85. The van der Waals surface area contributed by atoms with Crippen LogP contribution in [0.5, 0.6) is 0 Å². The Morgan fingerprint density at radius 2 is 1.75 bits per heavy atom. The van der Waals surface area contributed by atoms with E-state index in [9.17, 15) is 19.5 Å². The molecular weight excluding hydrogens is 312 g/mol. The van der Waals surface area contributed by atoms with E-state index >= 15 is 0 Å². The van der Waals surface area contributed by atoms with E-state index in [1.54, 1.807) is 0 Å². The molecule has 136 valence electrons. The van der Waals surface area contributed by atoms with Crippen LogP contribution in [0.15, 0.2) is 0 Å². The number of hydrogen-bond acceptors (Lipinski definition) is 5. The van der Waals surface area contributed by atoms with Crippen LogP contribution in [0.1, 0.15) is 64.7 Å². The van der Waals surface area contributed by atoms with E-state index in [2.05, 4.69) is 17.6 Å². The molecule has 2 aliphatic rings. The molecule has 2 aliphatic carbocycles. The van der Waals surface area contributed by atoms with Crippen LogP contribution in [0, 0.1) is 5.92 Å². The first-order valence-electron chi connectivity index (χ1n) is 8.91. The van der Waals surface area contributed by atoms with Gasteiger partial charge in [-0.25, -0.2) is 9.59 Å². The van der Waals surface area contributed by atoms with E-state index in [-0.39, 0.29) is 6.04 Å². The fourth-order valence-corrected chi connectivity index (χ4v) is 3.50. The van der Waals surface area contributed by atoms with Crippen LogP contribution < -0.4 is 10.6 Å². The number of hydrogen-bond donors (Lipinski definition) is 3. The summed E-state index contributed by atoms with van der Waals surface area (Å²) in [6.07, 6.45) is 7.43. The summed E-state index contributed by atoms with van der Waals surface area (Å²) in [6.45, 7) is 1.52. The molecule has 0 aromatic rings. The predicted octanol–water partition coefficient (Wildman–Crippen LogP) is 1.63. The average molecular weight is 340 g/mol. The third kappa shape index (κ3) is 5.19. The summed E-state index contributed by atoms with van der Waals surface area (Å²) in [6, 6.07) is -0.497. The van der Waals surface area contributed by atoms with Gasteiger partial charge in [-0.15, -0.1) is 0 Å². The molecule has 0 aliphatic heterocycles. The molecule has 0 heterocycles. The molecule has 0 saturated heterocycles. The maximum Gasteiger partial charge on any atom is 0.338 e. The normalized spacial score (nSPS) is 26.2. The highest BCUT2D eigenvalue weighted by molar-refractivity contribution is 5.96. The molecule has 24 heavy (non-hydrogen) atoms. The molecule has 2 saturated carbocycles. The van der Waals surface area contributed by atoms with Crippen LogP contribution in [0.3, 0.4) is 0 Å². The maximum atomic E-state index is 11.9. The first-order valence-corrected chi connectivity index (χ1v) is 8.91.